The maximum atomic E-state index is 12.8. The molecule has 4 heteroatoms. The smallest absolute Gasteiger partial charge is 0.123 e. The molecule has 0 amide bonds. The normalized spacial score (nSPS) is 12.8. The SMILES string of the molecule is CC[C@@H](NN)c1cc(F)ccc1O. The Bertz CT molecular complexity index is 287. The van der Waals surface area contributed by atoms with Gasteiger partial charge in [-0.1, -0.05) is 6.92 Å². The molecule has 1 aromatic rings. The molecular weight excluding hydrogens is 171 g/mol. The number of hydrogen-bond donors (Lipinski definition) is 3. The Morgan fingerprint density at radius 1 is 1.62 bits per heavy atom. The Hall–Kier alpha value is -1.13. The molecule has 0 spiro atoms. The summed E-state index contributed by atoms with van der Waals surface area (Å²) in [5.41, 5.74) is 3.00. The van der Waals surface area contributed by atoms with Gasteiger partial charge in [0.1, 0.15) is 11.6 Å². The lowest BCUT2D eigenvalue weighted by atomic mass is 10.0. The number of hydrazine groups is 1. The zero-order valence-electron chi connectivity index (χ0n) is 7.42. The molecule has 13 heavy (non-hydrogen) atoms. The number of phenols is 1. The first kappa shape index (κ1) is 9.95. The van der Waals surface area contributed by atoms with E-state index in [1.807, 2.05) is 6.92 Å². The van der Waals surface area contributed by atoms with Crippen molar-refractivity contribution in [3.8, 4) is 5.75 Å². The fourth-order valence-corrected chi connectivity index (χ4v) is 1.23. The molecule has 0 aliphatic heterocycles. The van der Waals surface area contributed by atoms with E-state index < -0.39 is 0 Å². The minimum Gasteiger partial charge on any atom is -0.508 e. The van der Waals surface area contributed by atoms with Gasteiger partial charge >= 0.3 is 0 Å². The molecule has 72 valence electrons. The quantitative estimate of drug-likeness (QED) is 0.492. The van der Waals surface area contributed by atoms with E-state index in [9.17, 15) is 9.50 Å². The highest BCUT2D eigenvalue weighted by Crippen LogP contribution is 2.26. The lowest BCUT2D eigenvalue weighted by Crippen LogP contribution is -2.27. The number of halogens is 1. The van der Waals surface area contributed by atoms with Crippen molar-refractivity contribution in [1.29, 1.82) is 0 Å². The highest BCUT2D eigenvalue weighted by molar-refractivity contribution is 5.35. The minimum atomic E-state index is -0.374. The van der Waals surface area contributed by atoms with Gasteiger partial charge in [-0.3, -0.25) is 11.3 Å². The summed E-state index contributed by atoms with van der Waals surface area (Å²) in [7, 11) is 0. The molecule has 0 aromatic heterocycles. The van der Waals surface area contributed by atoms with E-state index in [1.165, 1.54) is 18.2 Å². The molecule has 0 bridgehead atoms. The molecule has 0 saturated heterocycles. The third-order valence-electron chi connectivity index (χ3n) is 1.97. The van der Waals surface area contributed by atoms with Crippen molar-refractivity contribution in [3.63, 3.8) is 0 Å². The van der Waals surface area contributed by atoms with Crippen molar-refractivity contribution in [2.24, 2.45) is 5.84 Å². The third kappa shape index (κ3) is 2.17. The van der Waals surface area contributed by atoms with Crippen LogP contribution in [0, 0.1) is 5.82 Å². The average Bonchev–Trinajstić information content (AvgIpc) is 2.13. The largest absolute Gasteiger partial charge is 0.508 e. The van der Waals surface area contributed by atoms with Crippen LogP contribution in [0.5, 0.6) is 5.75 Å². The summed E-state index contributed by atoms with van der Waals surface area (Å²) in [4.78, 5) is 0. The maximum absolute atomic E-state index is 12.8. The Labute approximate surface area is 76.3 Å². The van der Waals surface area contributed by atoms with Gasteiger partial charge in [-0.25, -0.2) is 4.39 Å². The molecule has 0 heterocycles. The van der Waals surface area contributed by atoms with Crippen LogP contribution in [-0.2, 0) is 0 Å². The van der Waals surface area contributed by atoms with E-state index in [2.05, 4.69) is 5.43 Å². The van der Waals surface area contributed by atoms with Crippen molar-refractivity contribution in [2.45, 2.75) is 19.4 Å². The molecule has 1 aromatic carbocycles. The second-order valence-electron chi connectivity index (χ2n) is 2.83. The van der Waals surface area contributed by atoms with E-state index in [1.54, 1.807) is 0 Å². The lowest BCUT2D eigenvalue weighted by Gasteiger charge is -2.15. The van der Waals surface area contributed by atoms with Crippen LogP contribution in [0.4, 0.5) is 4.39 Å². The Kier molecular flexibility index (Phi) is 3.22. The predicted octanol–water partition coefficient (Wildman–Crippen LogP) is 1.45. The summed E-state index contributed by atoms with van der Waals surface area (Å²) >= 11 is 0. The number of hydrogen-bond acceptors (Lipinski definition) is 3. The molecular formula is C9H13FN2O. The average molecular weight is 184 g/mol. The number of nitrogens with two attached hydrogens (primary N) is 1. The van der Waals surface area contributed by atoms with Crippen LogP contribution in [0.3, 0.4) is 0 Å². The molecule has 1 rings (SSSR count). The maximum Gasteiger partial charge on any atom is 0.123 e. The standard InChI is InChI=1S/C9H13FN2O/c1-2-8(12-11)7-5-6(10)3-4-9(7)13/h3-5,8,12-13H,2,11H2,1H3/t8-/m1/s1. The second kappa shape index (κ2) is 4.20. The predicted molar refractivity (Wildman–Crippen MR) is 48.4 cm³/mol. The van der Waals surface area contributed by atoms with Gasteiger partial charge in [-0.05, 0) is 24.6 Å². The third-order valence-corrected chi connectivity index (χ3v) is 1.97. The Morgan fingerprint density at radius 3 is 2.85 bits per heavy atom. The van der Waals surface area contributed by atoms with E-state index in [0.29, 0.717) is 12.0 Å². The van der Waals surface area contributed by atoms with E-state index in [4.69, 9.17) is 5.84 Å². The molecule has 0 aliphatic rings. The first-order valence-corrected chi connectivity index (χ1v) is 4.13. The topological polar surface area (TPSA) is 58.3 Å². The zero-order chi connectivity index (χ0) is 9.84. The summed E-state index contributed by atoms with van der Waals surface area (Å²) in [5, 5.41) is 9.41. The first-order valence-electron chi connectivity index (χ1n) is 4.13. The summed E-state index contributed by atoms with van der Waals surface area (Å²) in [5.74, 6) is 4.94. The number of rotatable bonds is 3. The van der Waals surface area contributed by atoms with Gasteiger partial charge in [0.15, 0.2) is 0 Å². The van der Waals surface area contributed by atoms with E-state index in [0.717, 1.165) is 0 Å². The number of phenolic OH excluding ortho intramolecular Hbond substituents is 1. The fourth-order valence-electron chi connectivity index (χ4n) is 1.23. The summed E-state index contributed by atoms with van der Waals surface area (Å²) in [6.45, 7) is 1.90. The van der Waals surface area contributed by atoms with Crippen LogP contribution in [0.25, 0.3) is 0 Å². The van der Waals surface area contributed by atoms with Gasteiger partial charge in [0.05, 0.1) is 0 Å². The second-order valence-corrected chi connectivity index (χ2v) is 2.83. The van der Waals surface area contributed by atoms with E-state index >= 15 is 0 Å². The van der Waals surface area contributed by atoms with Crippen molar-refractivity contribution in [3.05, 3.63) is 29.6 Å². The molecule has 1 atom stereocenters. The van der Waals surface area contributed by atoms with Gasteiger partial charge < -0.3 is 5.11 Å². The van der Waals surface area contributed by atoms with Crippen molar-refractivity contribution >= 4 is 0 Å². The molecule has 0 saturated carbocycles. The molecule has 0 fully saturated rings. The molecule has 0 aliphatic carbocycles. The van der Waals surface area contributed by atoms with Crippen molar-refractivity contribution in [1.82, 2.24) is 5.43 Å². The van der Waals surface area contributed by atoms with Gasteiger partial charge in [-0.15, -0.1) is 0 Å². The highest BCUT2D eigenvalue weighted by Gasteiger charge is 2.12. The number of aromatic hydroxyl groups is 1. The van der Waals surface area contributed by atoms with Gasteiger partial charge in [0, 0.05) is 11.6 Å². The van der Waals surface area contributed by atoms with Crippen molar-refractivity contribution < 1.29 is 9.50 Å². The summed E-state index contributed by atoms with van der Waals surface area (Å²) in [6.07, 6.45) is 0.688. The number of benzene rings is 1. The van der Waals surface area contributed by atoms with Crippen LogP contribution >= 0.6 is 0 Å². The molecule has 3 nitrogen and oxygen atoms in total. The number of nitrogens with one attached hydrogen (secondary N) is 1. The van der Waals surface area contributed by atoms with Crippen LogP contribution in [-0.4, -0.2) is 5.11 Å². The van der Waals surface area contributed by atoms with E-state index in [-0.39, 0.29) is 17.6 Å². The lowest BCUT2D eigenvalue weighted by molar-refractivity contribution is 0.441. The van der Waals surface area contributed by atoms with Crippen LogP contribution < -0.4 is 11.3 Å². The van der Waals surface area contributed by atoms with Gasteiger partial charge in [0.2, 0.25) is 0 Å². The summed E-state index contributed by atoms with van der Waals surface area (Å²) in [6, 6.07) is 3.60. The van der Waals surface area contributed by atoms with Gasteiger partial charge in [-0.2, -0.15) is 0 Å². The molecule has 0 radical (unpaired) electrons. The van der Waals surface area contributed by atoms with Gasteiger partial charge in [0.25, 0.3) is 0 Å². The monoisotopic (exact) mass is 184 g/mol. The first-order chi connectivity index (χ1) is 6.19. The van der Waals surface area contributed by atoms with Crippen molar-refractivity contribution in [2.75, 3.05) is 0 Å². The zero-order valence-corrected chi connectivity index (χ0v) is 7.42. The Morgan fingerprint density at radius 2 is 2.31 bits per heavy atom. The van der Waals surface area contributed by atoms with Crippen LogP contribution in [0.2, 0.25) is 0 Å². The highest BCUT2D eigenvalue weighted by atomic mass is 19.1. The van der Waals surface area contributed by atoms with Crippen LogP contribution in [0.1, 0.15) is 24.9 Å². The minimum absolute atomic E-state index is 0.0613. The molecule has 0 unspecified atom stereocenters. The fraction of sp³-hybridized carbons (Fsp3) is 0.333. The van der Waals surface area contributed by atoms with Crippen LogP contribution in [0.15, 0.2) is 18.2 Å². The Balaban J connectivity index is 3.03. The summed E-state index contributed by atoms with van der Waals surface area (Å²) < 4.78 is 12.8. The molecule has 4 N–H and O–H groups in total.